The average molecular weight is 1030 g/mol. The van der Waals surface area contributed by atoms with Gasteiger partial charge in [0.1, 0.15) is 0 Å². The summed E-state index contributed by atoms with van der Waals surface area (Å²) in [4.78, 5) is 84.9. The molecule has 70 heavy (non-hydrogen) atoms. The summed E-state index contributed by atoms with van der Waals surface area (Å²) in [5, 5.41) is 14.8. The molecule has 0 aliphatic carbocycles. The molecule has 0 unspecified atom stereocenters. The Morgan fingerprint density at radius 1 is 0.514 bits per heavy atom. The van der Waals surface area contributed by atoms with Crippen LogP contribution in [0.5, 0.6) is 0 Å². The number of hydrogen-bond donors (Lipinski definition) is 12. The summed E-state index contributed by atoms with van der Waals surface area (Å²) < 4.78 is 86.0. The lowest BCUT2D eigenvalue weighted by molar-refractivity contribution is -0.138. The summed E-state index contributed by atoms with van der Waals surface area (Å²) in [6.45, 7) is -0.318. The molecule has 0 aromatic heterocycles. The topological polar surface area (TPSA) is 355 Å². The van der Waals surface area contributed by atoms with Crippen LogP contribution in [0.1, 0.15) is 70.4 Å². The molecule has 0 saturated carbocycles. The fraction of sp³-hybridized carbons (Fsp3) is 0.381. The van der Waals surface area contributed by atoms with Crippen molar-refractivity contribution in [2.75, 3.05) is 72.0 Å². The third-order valence-corrected chi connectivity index (χ3v) is 11.5. The second kappa shape index (κ2) is 28.0. The van der Waals surface area contributed by atoms with Gasteiger partial charge in [0.05, 0.1) is 56.8 Å². The van der Waals surface area contributed by atoms with Gasteiger partial charge in [0, 0.05) is 61.7 Å². The van der Waals surface area contributed by atoms with Crippen molar-refractivity contribution in [2.24, 2.45) is 44.4 Å². The Balaban J connectivity index is 2.02. The molecule has 0 atom stereocenters. The maximum absolute atomic E-state index is 14.3. The first-order valence-electron chi connectivity index (χ1n) is 21.1. The number of nitrogens with two attached hydrogens (primary N) is 6. The molecule has 0 saturated heterocycles. The molecule has 0 fully saturated rings. The van der Waals surface area contributed by atoms with E-state index < -0.39 is 70.3 Å². The molecule has 3 aromatic carbocycles. The van der Waals surface area contributed by atoms with Gasteiger partial charge >= 0.3 is 12.4 Å². The summed E-state index contributed by atoms with van der Waals surface area (Å²) >= 11 is 1.77. The van der Waals surface area contributed by atoms with Crippen LogP contribution in [-0.4, -0.2) is 98.1 Å². The van der Waals surface area contributed by atoms with E-state index in [0.717, 1.165) is 29.6 Å². The molecule has 382 valence electrons. The lowest BCUT2D eigenvalue weighted by Crippen LogP contribution is -2.31. The number of nitrogens with one attached hydrogen (secondary N) is 6. The predicted octanol–water partition coefficient (Wildman–Crippen LogP) is 3.33. The summed E-state index contributed by atoms with van der Waals surface area (Å²) in [6, 6.07) is 7.34. The van der Waals surface area contributed by atoms with Crippen LogP contribution in [-0.2, 0) is 31.5 Å². The van der Waals surface area contributed by atoms with Gasteiger partial charge in [0.15, 0.2) is 11.9 Å². The molecule has 0 spiro atoms. The zero-order valence-electron chi connectivity index (χ0n) is 37.4. The summed E-state index contributed by atoms with van der Waals surface area (Å²) in [7, 11) is 0. The Hall–Kier alpha value is -6.78. The Kier molecular flexibility index (Phi) is 23.0. The zero-order chi connectivity index (χ0) is 52.0. The van der Waals surface area contributed by atoms with Crippen LogP contribution in [0.15, 0.2) is 68.3 Å². The molecule has 20 nitrogen and oxygen atoms in total. The molecule has 6 amide bonds. The standard InChI is InChI=1S/C42H54F6N14O6S2/c43-41(44,45)25-17-27(59-31(63)8-1-3-10-57-39(51)52)35(69-14-12-55-33(65)21-49)29(19-25)61-37(67)23-6-5-7-24(16-23)38(68)62-30-20-26(42(46,47)48)18-28(36(30)70-15-13-56-34(66)22-50)60-32(64)9-2-4-11-58-40(53)54/h5-7,16-20H,1-4,8-15,21-22,49-50H2,(H,55,65)(H,56,66)(H,59,63)(H,60,64)(H,61,67)(H,62,68)(H4,51,52,57)(H4,53,54,58). The van der Waals surface area contributed by atoms with E-state index in [1.54, 1.807) is 0 Å². The fourth-order valence-corrected chi connectivity index (χ4v) is 7.80. The van der Waals surface area contributed by atoms with E-state index in [2.05, 4.69) is 41.9 Å². The number of benzene rings is 3. The van der Waals surface area contributed by atoms with E-state index in [4.69, 9.17) is 34.4 Å². The summed E-state index contributed by atoms with van der Waals surface area (Å²) in [5.41, 5.74) is 27.4. The second-order valence-electron chi connectivity index (χ2n) is 14.7. The number of amides is 6. The number of rotatable bonds is 26. The first-order valence-corrected chi connectivity index (χ1v) is 23.1. The molecular weight excluding hydrogens is 975 g/mol. The molecule has 0 aliphatic rings. The minimum atomic E-state index is -4.98. The zero-order valence-corrected chi connectivity index (χ0v) is 39.0. The highest BCUT2D eigenvalue weighted by molar-refractivity contribution is 7.99. The Labute approximate surface area is 406 Å². The average Bonchev–Trinajstić information content (AvgIpc) is 3.28. The van der Waals surface area contributed by atoms with E-state index in [9.17, 15) is 55.1 Å². The van der Waals surface area contributed by atoms with Crippen molar-refractivity contribution >= 4 is 93.6 Å². The second-order valence-corrected chi connectivity index (χ2v) is 16.9. The summed E-state index contributed by atoms with van der Waals surface area (Å²) in [5.74, 6) is -4.74. The number of halogens is 6. The van der Waals surface area contributed by atoms with Crippen molar-refractivity contribution in [2.45, 2.75) is 60.7 Å². The predicted molar refractivity (Wildman–Crippen MR) is 257 cm³/mol. The van der Waals surface area contributed by atoms with E-state index in [0.29, 0.717) is 37.1 Å². The smallest absolute Gasteiger partial charge is 0.370 e. The van der Waals surface area contributed by atoms with Crippen molar-refractivity contribution in [3.8, 4) is 0 Å². The van der Waals surface area contributed by atoms with Crippen LogP contribution >= 0.6 is 23.5 Å². The molecule has 3 rings (SSSR count). The van der Waals surface area contributed by atoms with Crippen LogP contribution in [0.3, 0.4) is 0 Å². The van der Waals surface area contributed by atoms with Crippen molar-refractivity contribution < 1.29 is 55.1 Å². The molecule has 0 heterocycles. The van der Waals surface area contributed by atoms with Crippen LogP contribution in [0.4, 0.5) is 49.1 Å². The van der Waals surface area contributed by atoms with Crippen molar-refractivity contribution in [1.82, 2.24) is 10.6 Å². The Morgan fingerprint density at radius 3 is 1.20 bits per heavy atom. The normalized spacial score (nSPS) is 11.2. The highest BCUT2D eigenvalue weighted by Crippen LogP contribution is 2.43. The van der Waals surface area contributed by atoms with Gasteiger partial charge in [-0.2, -0.15) is 26.3 Å². The van der Waals surface area contributed by atoms with Gasteiger partial charge < -0.3 is 66.3 Å². The SMILES string of the molecule is NCC(=O)NCCSc1c(NC(=O)CCCCN=C(N)N)cc(C(F)(F)F)cc1NC(=O)c1cccc(C(=O)Nc2cc(C(F)(F)F)cc(NC(=O)CCCCN=C(N)N)c2SCCNC(=O)CN)c1. The monoisotopic (exact) mass is 1030 g/mol. The highest BCUT2D eigenvalue weighted by Gasteiger charge is 2.34. The third-order valence-electron chi connectivity index (χ3n) is 9.19. The number of aliphatic imine (C=N–C) groups is 2. The van der Waals surface area contributed by atoms with Crippen LogP contribution in [0.2, 0.25) is 0 Å². The molecule has 0 bridgehead atoms. The minimum Gasteiger partial charge on any atom is -0.370 e. The minimum absolute atomic E-state index is 0.0168. The maximum atomic E-state index is 14.3. The number of anilines is 4. The van der Waals surface area contributed by atoms with Crippen molar-refractivity contribution in [3.05, 3.63) is 70.8 Å². The van der Waals surface area contributed by atoms with E-state index in [-0.39, 0.29) is 121 Å². The molecule has 0 aliphatic heterocycles. The number of unbranched alkanes of at least 4 members (excludes halogenated alkanes) is 2. The van der Waals surface area contributed by atoms with Gasteiger partial charge in [-0.3, -0.25) is 38.8 Å². The first kappa shape index (κ1) is 57.5. The van der Waals surface area contributed by atoms with Gasteiger partial charge in [-0.05, 0) is 68.1 Å². The largest absolute Gasteiger partial charge is 0.416 e. The van der Waals surface area contributed by atoms with Crippen molar-refractivity contribution in [1.29, 1.82) is 0 Å². The van der Waals surface area contributed by atoms with Gasteiger partial charge in [0.25, 0.3) is 11.8 Å². The molecule has 3 aromatic rings. The van der Waals surface area contributed by atoms with E-state index in [1.807, 2.05) is 0 Å². The quantitative estimate of drug-likeness (QED) is 0.0181. The van der Waals surface area contributed by atoms with Crippen LogP contribution < -0.4 is 66.3 Å². The number of carbonyl (C=O) groups excluding carboxylic acids is 6. The Bertz CT molecular complexity index is 2240. The molecule has 18 N–H and O–H groups in total. The number of alkyl halides is 6. The van der Waals surface area contributed by atoms with Gasteiger partial charge in [-0.15, -0.1) is 23.5 Å². The van der Waals surface area contributed by atoms with Crippen molar-refractivity contribution in [3.63, 3.8) is 0 Å². The van der Waals surface area contributed by atoms with E-state index in [1.165, 1.54) is 18.2 Å². The lowest BCUT2D eigenvalue weighted by atomic mass is 10.1. The van der Waals surface area contributed by atoms with Crippen LogP contribution in [0, 0.1) is 0 Å². The highest BCUT2D eigenvalue weighted by atomic mass is 32.2. The maximum Gasteiger partial charge on any atom is 0.416 e. The lowest BCUT2D eigenvalue weighted by Gasteiger charge is -2.20. The molecular formula is C42H54F6N14O6S2. The number of nitrogens with zero attached hydrogens (tertiary/aromatic N) is 2. The molecule has 28 heteroatoms. The third kappa shape index (κ3) is 20.1. The van der Waals surface area contributed by atoms with Gasteiger partial charge in [0.2, 0.25) is 23.6 Å². The number of guanidine groups is 2. The van der Waals surface area contributed by atoms with Crippen LogP contribution in [0.25, 0.3) is 0 Å². The number of hydrogen-bond acceptors (Lipinski definition) is 12. The Morgan fingerprint density at radius 2 is 0.871 bits per heavy atom. The van der Waals surface area contributed by atoms with Gasteiger partial charge in [-0.25, -0.2) is 0 Å². The number of carbonyl (C=O) groups is 6. The van der Waals surface area contributed by atoms with E-state index >= 15 is 0 Å². The number of thioether (sulfide) groups is 2. The fourth-order valence-electron chi connectivity index (χ4n) is 5.93. The summed E-state index contributed by atoms with van der Waals surface area (Å²) in [6.07, 6.45) is -8.99. The van der Waals surface area contributed by atoms with Gasteiger partial charge in [-0.1, -0.05) is 6.07 Å². The first-order chi connectivity index (χ1) is 33.0. The molecule has 0 radical (unpaired) electrons.